The van der Waals surface area contributed by atoms with E-state index in [9.17, 15) is 10.1 Å². The van der Waals surface area contributed by atoms with Crippen LogP contribution in [0.2, 0.25) is 0 Å². The Bertz CT molecular complexity index is 1750. The predicted octanol–water partition coefficient (Wildman–Crippen LogP) is 6.31. The number of allylic oxidation sites excluding steroid dienone is 7. The van der Waals surface area contributed by atoms with Gasteiger partial charge in [0.1, 0.15) is 29.7 Å². The maximum atomic E-state index is 14.0. The van der Waals surface area contributed by atoms with Crippen LogP contribution in [0.15, 0.2) is 76.5 Å². The standard InChI is InChI=1S/C35H37N4O3/c1-9-38-28-13-11-22(41-7)15-26(28)34(3,4)30(38)17-24-32(21(19-36)20-37)25(33(24)40)18-31-35(5,6)27-16-23(42-8)12-14-29(27)39(31)10-2/h11-18,36H,9-10H2,1-8H3/q+1. The van der Waals surface area contributed by atoms with Crippen LogP contribution in [-0.4, -0.2) is 49.2 Å². The quantitative estimate of drug-likeness (QED) is 0.185. The zero-order valence-electron chi connectivity index (χ0n) is 25.6. The Kier molecular flexibility index (Phi) is 7.08. The summed E-state index contributed by atoms with van der Waals surface area (Å²) in [7, 11) is 3.31. The summed E-state index contributed by atoms with van der Waals surface area (Å²) in [6.07, 6.45) is 3.81. The van der Waals surface area contributed by atoms with E-state index in [0.29, 0.717) is 29.8 Å². The van der Waals surface area contributed by atoms with Gasteiger partial charge in [-0.25, -0.2) is 0 Å². The first kappa shape index (κ1) is 28.9. The average Bonchev–Trinajstić information content (AvgIpc) is 3.34. The van der Waals surface area contributed by atoms with Crippen LogP contribution in [-0.2, 0) is 15.6 Å². The van der Waals surface area contributed by atoms with Crippen LogP contribution in [0.4, 0.5) is 11.4 Å². The van der Waals surface area contributed by atoms with E-state index in [1.165, 1.54) is 0 Å². The molecule has 0 bridgehead atoms. The highest BCUT2D eigenvalue weighted by molar-refractivity contribution is 6.27. The molecular weight excluding hydrogens is 524 g/mol. The van der Waals surface area contributed by atoms with Gasteiger partial charge in [-0.2, -0.15) is 9.84 Å². The molecule has 0 radical (unpaired) electrons. The molecule has 2 aromatic rings. The number of Topliss-reactive ketones (excluding diaryl/α,β-unsaturated/α-hetero) is 1. The lowest BCUT2D eigenvalue weighted by Crippen LogP contribution is -2.32. The number of rotatable bonds is 7. The predicted molar refractivity (Wildman–Crippen MR) is 166 cm³/mol. The molecule has 7 heteroatoms. The highest BCUT2D eigenvalue weighted by Crippen LogP contribution is 2.51. The molecule has 1 aliphatic carbocycles. The molecule has 3 aliphatic rings. The molecule has 0 spiro atoms. The molecule has 0 aromatic heterocycles. The fourth-order valence-electron chi connectivity index (χ4n) is 6.58. The van der Waals surface area contributed by atoms with E-state index < -0.39 is 10.8 Å². The first-order valence-electron chi connectivity index (χ1n) is 14.2. The molecule has 2 aliphatic heterocycles. The number of nitrogens with zero attached hydrogens (tertiary/aromatic N) is 3. The fraction of sp³-hybridized carbons (Fsp3) is 0.343. The lowest BCUT2D eigenvalue weighted by Gasteiger charge is -2.30. The van der Waals surface area contributed by atoms with E-state index >= 15 is 0 Å². The highest BCUT2D eigenvalue weighted by Gasteiger charge is 2.47. The van der Waals surface area contributed by atoms with Crippen LogP contribution in [0.25, 0.3) is 0 Å². The van der Waals surface area contributed by atoms with Crippen molar-refractivity contribution in [2.24, 2.45) is 0 Å². The molecule has 2 aromatic carbocycles. The van der Waals surface area contributed by atoms with Crippen molar-refractivity contribution >= 4 is 28.7 Å². The molecule has 0 saturated heterocycles. The molecule has 0 saturated carbocycles. The van der Waals surface area contributed by atoms with E-state index in [1.54, 1.807) is 14.2 Å². The number of methoxy groups -OCH3 is 2. The van der Waals surface area contributed by atoms with Gasteiger partial charge in [-0.3, -0.25) is 10.2 Å². The first-order valence-corrected chi connectivity index (χ1v) is 14.2. The Morgan fingerprint density at radius 2 is 1.64 bits per heavy atom. The number of hydrogen-bond donors (Lipinski definition) is 1. The molecular formula is C35H37N4O3+. The molecule has 0 unspecified atom stereocenters. The van der Waals surface area contributed by atoms with Gasteiger partial charge >= 0.3 is 0 Å². The first-order chi connectivity index (χ1) is 20.0. The van der Waals surface area contributed by atoms with Gasteiger partial charge < -0.3 is 14.4 Å². The van der Waals surface area contributed by atoms with Gasteiger partial charge in [0.25, 0.3) is 0 Å². The summed E-state index contributed by atoms with van der Waals surface area (Å²) < 4.78 is 13.2. The Morgan fingerprint density at radius 1 is 1.00 bits per heavy atom. The summed E-state index contributed by atoms with van der Waals surface area (Å²) in [6, 6.07) is 14.2. The number of carbonyl (C=O) groups is 1. The lowest BCUT2D eigenvalue weighted by molar-refractivity contribution is -0.433. The van der Waals surface area contributed by atoms with E-state index in [-0.39, 0.29) is 11.4 Å². The Morgan fingerprint density at radius 3 is 2.21 bits per heavy atom. The average molecular weight is 562 g/mol. The van der Waals surface area contributed by atoms with Crippen molar-refractivity contribution in [3.63, 3.8) is 0 Å². The van der Waals surface area contributed by atoms with Crippen molar-refractivity contribution < 1.29 is 18.8 Å². The highest BCUT2D eigenvalue weighted by atomic mass is 16.5. The Labute approximate surface area is 247 Å². The number of ether oxygens (including phenoxy) is 2. The number of nitriles is 1. The third-order valence-electron chi connectivity index (χ3n) is 8.91. The Hall–Kier alpha value is -4.66. The van der Waals surface area contributed by atoms with Crippen LogP contribution in [0.1, 0.15) is 52.7 Å². The Balaban J connectivity index is 1.69. The van der Waals surface area contributed by atoms with Crippen molar-refractivity contribution in [2.45, 2.75) is 52.4 Å². The second-order valence-corrected chi connectivity index (χ2v) is 11.7. The van der Waals surface area contributed by atoms with Gasteiger partial charge in [-0.15, -0.1) is 0 Å². The third-order valence-corrected chi connectivity index (χ3v) is 8.91. The molecule has 42 heavy (non-hydrogen) atoms. The van der Waals surface area contributed by atoms with Crippen molar-refractivity contribution in [3.8, 4) is 17.6 Å². The van der Waals surface area contributed by atoms with Crippen molar-refractivity contribution in [1.82, 2.24) is 0 Å². The van der Waals surface area contributed by atoms with Crippen molar-refractivity contribution in [2.75, 3.05) is 32.2 Å². The number of likely N-dealkylation sites (N-methyl/N-ethyl adjacent to an activating group) is 1. The monoisotopic (exact) mass is 561 g/mol. The molecule has 214 valence electrons. The number of nitrogens with one attached hydrogen (secondary N) is 1. The van der Waals surface area contributed by atoms with Crippen molar-refractivity contribution in [1.29, 1.82) is 10.7 Å². The van der Waals surface area contributed by atoms with Crippen LogP contribution >= 0.6 is 0 Å². The number of anilines is 1. The van der Waals surface area contributed by atoms with Gasteiger partial charge in [-0.05, 0) is 75.5 Å². The van der Waals surface area contributed by atoms with Crippen LogP contribution in [0.5, 0.6) is 11.5 Å². The second-order valence-electron chi connectivity index (χ2n) is 11.7. The van der Waals surface area contributed by atoms with Gasteiger partial charge in [0, 0.05) is 57.8 Å². The fourth-order valence-corrected chi connectivity index (χ4v) is 6.58. The van der Waals surface area contributed by atoms with Crippen LogP contribution < -0.4 is 14.4 Å². The number of fused-ring (bicyclic) bond motifs is 2. The molecule has 0 fully saturated rings. The van der Waals surface area contributed by atoms with E-state index in [0.717, 1.165) is 45.4 Å². The summed E-state index contributed by atoms with van der Waals surface area (Å²) in [4.78, 5) is 16.2. The van der Waals surface area contributed by atoms with Crippen LogP contribution in [0.3, 0.4) is 0 Å². The number of hydrogen-bond acceptors (Lipinski definition) is 6. The van der Waals surface area contributed by atoms with E-state index in [4.69, 9.17) is 14.9 Å². The smallest absolute Gasteiger partial charge is 0.210 e. The van der Waals surface area contributed by atoms with Gasteiger partial charge in [0.2, 0.25) is 5.69 Å². The van der Waals surface area contributed by atoms with Crippen molar-refractivity contribution in [3.05, 3.63) is 87.7 Å². The number of benzene rings is 2. The summed E-state index contributed by atoms with van der Waals surface area (Å²) in [6.45, 7) is 14.1. The molecule has 0 amide bonds. The minimum absolute atomic E-state index is 0.0457. The molecule has 2 heterocycles. The molecule has 7 nitrogen and oxygen atoms in total. The number of carbonyl (C=O) groups excluding carboxylic acids is 1. The van der Waals surface area contributed by atoms with Gasteiger partial charge in [0.05, 0.1) is 19.6 Å². The minimum Gasteiger partial charge on any atom is -0.497 e. The summed E-state index contributed by atoms with van der Waals surface area (Å²) in [5.74, 6) is 3.70. The van der Waals surface area contributed by atoms with E-state index in [1.807, 2.05) is 48.6 Å². The lowest BCUT2D eigenvalue weighted by atomic mass is 9.73. The summed E-state index contributed by atoms with van der Waals surface area (Å²) >= 11 is 0. The van der Waals surface area contributed by atoms with Crippen LogP contribution in [0, 0.1) is 16.7 Å². The maximum absolute atomic E-state index is 14.0. The molecule has 0 atom stereocenters. The summed E-state index contributed by atoms with van der Waals surface area (Å²) in [5.41, 5.74) is 6.81. The SMILES string of the molecule is CCN1C(=CC2=C(C(=C=N)C#N)C(=CC3=[N+](CC)c4ccc(OC)cc4C3(C)C)C2=O)C(C)(C)c2cc(OC)ccc21. The largest absolute Gasteiger partial charge is 0.497 e. The maximum Gasteiger partial charge on any atom is 0.210 e. The third kappa shape index (κ3) is 4.06. The second kappa shape index (κ2) is 10.3. The van der Waals surface area contributed by atoms with Gasteiger partial charge in [-0.1, -0.05) is 13.8 Å². The van der Waals surface area contributed by atoms with Gasteiger partial charge in [0.15, 0.2) is 11.5 Å². The zero-order chi connectivity index (χ0) is 30.6. The molecule has 1 N–H and O–H groups in total. The van der Waals surface area contributed by atoms with E-state index in [2.05, 4.69) is 63.0 Å². The zero-order valence-corrected chi connectivity index (χ0v) is 25.6. The minimum atomic E-state index is -0.416. The molecule has 5 rings (SSSR count). The summed E-state index contributed by atoms with van der Waals surface area (Å²) in [5, 5.41) is 17.9. The number of ketones is 1. The normalized spacial score (nSPS) is 19.9. The topological polar surface area (TPSA) is 89.4 Å².